The van der Waals surface area contributed by atoms with Crippen molar-refractivity contribution in [3.05, 3.63) is 35.4 Å². The third kappa shape index (κ3) is 2.83. The van der Waals surface area contributed by atoms with Crippen molar-refractivity contribution in [2.45, 2.75) is 38.3 Å². The summed E-state index contributed by atoms with van der Waals surface area (Å²) < 4.78 is 5.35. The summed E-state index contributed by atoms with van der Waals surface area (Å²) >= 11 is 0. The molecule has 0 amide bonds. The minimum absolute atomic E-state index is 0.191. The van der Waals surface area contributed by atoms with Crippen LogP contribution in [0.15, 0.2) is 24.3 Å². The van der Waals surface area contributed by atoms with Gasteiger partial charge in [-0.2, -0.15) is 0 Å². The Hall–Kier alpha value is -0.860. The zero-order valence-electron chi connectivity index (χ0n) is 10.2. The van der Waals surface area contributed by atoms with Gasteiger partial charge in [0.1, 0.15) is 0 Å². The van der Waals surface area contributed by atoms with Gasteiger partial charge in [0.25, 0.3) is 0 Å². The summed E-state index contributed by atoms with van der Waals surface area (Å²) in [5.41, 5.74) is 2.69. The van der Waals surface area contributed by atoms with Crippen molar-refractivity contribution in [2.24, 2.45) is 0 Å². The van der Waals surface area contributed by atoms with Gasteiger partial charge in [-0.05, 0) is 43.9 Å². The summed E-state index contributed by atoms with van der Waals surface area (Å²) in [4.78, 5) is 0. The standard InChI is InChI=1S/C14H21NO/c1-11(16-2)13-6-3-5-12(9-13)10-14-7-4-8-15-14/h3,5-6,9,11,14-15H,4,7-8,10H2,1-2H3. The van der Waals surface area contributed by atoms with Crippen LogP contribution >= 0.6 is 0 Å². The van der Waals surface area contributed by atoms with Crippen LogP contribution in [0.5, 0.6) is 0 Å². The van der Waals surface area contributed by atoms with Gasteiger partial charge >= 0.3 is 0 Å². The van der Waals surface area contributed by atoms with Crippen LogP contribution in [0, 0.1) is 0 Å². The Bertz CT molecular complexity index is 331. The van der Waals surface area contributed by atoms with Crippen molar-refractivity contribution in [3.63, 3.8) is 0 Å². The van der Waals surface area contributed by atoms with Crippen LogP contribution in [0.2, 0.25) is 0 Å². The number of rotatable bonds is 4. The van der Waals surface area contributed by atoms with Gasteiger partial charge < -0.3 is 10.1 Å². The Morgan fingerprint density at radius 3 is 3.06 bits per heavy atom. The van der Waals surface area contributed by atoms with Crippen LogP contribution in [-0.2, 0) is 11.2 Å². The first kappa shape index (κ1) is 11.6. The second-order valence-corrected chi connectivity index (χ2v) is 4.62. The highest BCUT2D eigenvalue weighted by Gasteiger charge is 2.14. The molecular weight excluding hydrogens is 198 g/mol. The molecule has 0 saturated carbocycles. The normalized spacial score (nSPS) is 22.2. The lowest BCUT2D eigenvalue weighted by Gasteiger charge is -2.14. The molecule has 1 aliphatic rings. The van der Waals surface area contributed by atoms with Gasteiger partial charge in [0, 0.05) is 13.2 Å². The molecule has 1 saturated heterocycles. The maximum absolute atomic E-state index is 5.35. The van der Waals surface area contributed by atoms with Gasteiger partial charge in [-0.15, -0.1) is 0 Å². The van der Waals surface area contributed by atoms with Crippen molar-refractivity contribution >= 4 is 0 Å². The van der Waals surface area contributed by atoms with Crippen molar-refractivity contribution in [1.29, 1.82) is 0 Å². The molecule has 2 atom stereocenters. The minimum atomic E-state index is 0.191. The highest BCUT2D eigenvalue weighted by molar-refractivity contribution is 5.25. The molecule has 1 heterocycles. The smallest absolute Gasteiger partial charge is 0.0793 e. The Balaban J connectivity index is 2.03. The van der Waals surface area contributed by atoms with Crippen LogP contribution in [-0.4, -0.2) is 19.7 Å². The summed E-state index contributed by atoms with van der Waals surface area (Å²) in [6, 6.07) is 9.43. The second kappa shape index (κ2) is 5.46. The summed E-state index contributed by atoms with van der Waals surface area (Å²) in [5, 5.41) is 3.54. The molecule has 2 unspecified atom stereocenters. The lowest BCUT2D eigenvalue weighted by atomic mass is 10.0. The van der Waals surface area contributed by atoms with Gasteiger partial charge in [0.15, 0.2) is 0 Å². The number of hydrogen-bond acceptors (Lipinski definition) is 2. The van der Waals surface area contributed by atoms with E-state index in [4.69, 9.17) is 4.74 Å². The van der Waals surface area contributed by atoms with E-state index in [0.717, 1.165) is 6.42 Å². The fourth-order valence-corrected chi connectivity index (χ4v) is 2.32. The highest BCUT2D eigenvalue weighted by Crippen LogP contribution is 2.19. The Morgan fingerprint density at radius 1 is 1.50 bits per heavy atom. The molecule has 1 aromatic rings. The molecule has 0 aliphatic carbocycles. The first-order valence-electron chi connectivity index (χ1n) is 6.14. The zero-order chi connectivity index (χ0) is 11.4. The van der Waals surface area contributed by atoms with Crippen molar-refractivity contribution in [3.8, 4) is 0 Å². The highest BCUT2D eigenvalue weighted by atomic mass is 16.5. The third-order valence-corrected chi connectivity index (χ3v) is 3.42. The molecule has 2 heteroatoms. The molecule has 1 aliphatic heterocycles. The fourth-order valence-electron chi connectivity index (χ4n) is 2.32. The molecule has 0 radical (unpaired) electrons. The zero-order valence-corrected chi connectivity index (χ0v) is 10.2. The van der Waals surface area contributed by atoms with Gasteiger partial charge in [-0.1, -0.05) is 24.3 Å². The van der Waals surface area contributed by atoms with Crippen molar-refractivity contribution in [1.82, 2.24) is 5.32 Å². The first-order valence-corrected chi connectivity index (χ1v) is 6.14. The lowest BCUT2D eigenvalue weighted by Crippen LogP contribution is -2.23. The number of ether oxygens (including phenoxy) is 1. The number of methoxy groups -OCH3 is 1. The van der Waals surface area contributed by atoms with E-state index >= 15 is 0 Å². The number of nitrogens with one attached hydrogen (secondary N) is 1. The van der Waals surface area contributed by atoms with E-state index < -0.39 is 0 Å². The molecule has 1 fully saturated rings. The molecule has 0 bridgehead atoms. The summed E-state index contributed by atoms with van der Waals surface area (Å²) in [6.45, 7) is 3.27. The molecular formula is C14H21NO. The predicted octanol–water partition coefficient (Wildman–Crippen LogP) is 2.69. The van der Waals surface area contributed by atoms with Crippen LogP contribution < -0.4 is 5.32 Å². The second-order valence-electron chi connectivity index (χ2n) is 4.62. The summed E-state index contributed by atoms with van der Waals surface area (Å²) in [6.07, 6.45) is 3.96. The monoisotopic (exact) mass is 219 g/mol. The van der Waals surface area contributed by atoms with E-state index in [1.807, 2.05) is 0 Å². The van der Waals surface area contributed by atoms with E-state index in [-0.39, 0.29) is 6.10 Å². The average molecular weight is 219 g/mol. The molecule has 88 valence electrons. The van der Waals surface area contributed by atoms with Crippen molar-refractivity contribution < 1.29 is 4.74 Å². The van der Waals surface area contributed by atoms with E-state index in [0.29, 0.717) is 6.04 Å². The Kier molecular flexibility index (Phi) is 3.97. The minimum Gasteiger partial charge on any atom is -0.377 e. The first-order chi connectivity index (χ1) is 7.79. The predicted molar refractivity (Wildman–Crippen MR) is 66.6 cm³/mol. The summed E-state index contributed by atoms with van der Waals surface area (Å²) in [5.74, 6) is 0. The van der Waals surface area contributed by atoms with Crippen LogP contribution in [0.1, 0.15) is 37.0 Å². The summed E-state index contributed by atoms with van der Waals surface area (Å²) in [7, 11) is 1.76. The molecule has 2 nitrogen and oxygen atoms in total. The van der Waals surface area contributed by atoms with Crippen LogP contribution in [0.3, 0.4) is 0 Å². The van der Waals surface area contributed by atoms with E-state index in [9.17, 15) is 0 Å². The molecule has 1 aromatic carbocycles. The molecule has 0 spiro atoms. The third-order valence-electron chi connectivity index (χ3n) is 3.42. The van der Waals surface area contributed by atoms with E-state index in [1.54, 1.807) is 7.11 Å². The maximum Gasteiger partial charge on any atom is 0.0793 e. The quantitative estimate of drug-likeness (QED) is 0.840. The molecule has 16 heavy (non-hydrogen) atoms. The largest absolute Gasteiger partial charge is 0.377 e. The van der Waals surface area contributed by atoms with Crippen LogP contribution in [0.25, 0.3) is 0 Å². The molecule has 0 aromatic heterocycles. The number of benzene rings is 1. The Morgan fingerprint density at radius 2 is 2.38 bits per heavy atom. The molecule has 2 rings (SSSR count). The lowest BCUT2D eigenvalue weighted by molar-refractivity contribution is 0.119. The fraction of sp³-hybridized carbons (Fsp3) is 0.571. The van der Waals surface area contributed by atoms with Gasteiger partial charge in [0.05, 0.1) is 6.10 Å². The van der Waals surface area contributed by atoms with Gasteiger partial charge in [-0.25, -0.2) is 0 Å². The van der Waals surface area contributed by atoms with E-state index in [2.05, 4.69) is 36.5 Å². The topological polar surface area (TPSA) is 21.3 Å². The van der Waals surface area contributed by atoms with E-state index in [1.165, 1.54) is 30.5 Å². The number of hydrogen-bond donors (Lipinski definition) is 1. The van der Waals surface area contributed by atoms with Gasteiger partial charge in [0.2, 0.25) is 0 Å². The average Bonchev–Trinajstić information content (AvgIpc) is 2.81. The molecule has 1 N–H and O–H groups in total. The van der Waals surface area contributed by atoms with Crippen molar-refractivity contribution in [2.75, 3.05) is 13.7 Å². The van der Waals surface area contributed by atoms with Gasteiger partial charge in [-0.3, -0.25) is 0 Å². The SMILES string of the molecule is COC(C)c1cccc(CC2CCCN2)c1. The maximum atomic E-state index is 5.35. The Labute approximate surface area is 98.0 Å². The van der Waals surface area contributed by atoms with Crippen LogP contribution in [0.4, 0.5) is 0 Å².